The number of imide groups is 1. The maximum absolute atomic E-state index is 13.9. The predicted octanol–water partition coefficient (Wildman–Crippen LogP) is 3.55. The van der Waals surface area contributed by atoms with Crippen molar-refractivity contribution in [2.75, 3.05) is 69.5 Å². The minimum absolute atomic E-state index is 0.0339. The molecule has 0 radical (unpaired) electrons. The van der Waals surface area contributed by atoms with Gasteiger partial charge >= 0.3 is 0 Å². The second-order valence-corrected chi connectivity index (χ2v) is 16.0. The van der Waals surface area contributed by atoms with E-state index in [2.05, 4.69) is 41.4 Å². The number of aromatic amines is 1. The Morgan fingerprint density at radius 1 is 0.867 bits per heavy atom. The molecule has 4 aliphatic rings. The Kier molecular flexibility index (Phi) is 13.4. The lowest BCUT2D eigenvalue weighted by atomic mass is 10.0. The van der Waals surface area contributed by atoms with E-state index in [0.717, 1.165) is 88.2 Å². The maximum atomic E-state index is 13.9. The van der Waals surface area contributed by atoms with Gasteiger partial charge < -0.3 is 36.1 Å². The molecule has 0 bridgehead atoms. The van der Waals surface area contributed by atoms with Crippen molar-refractivity contribution in [2.24, 2.45) is 0 Å². The first-order chi connectivity index (χ1) is 29.0. The summed E-state index contributed by atoms with van der Waals surface area (Å²) in [6.45, 7) is 10.4. The molecule has 3 aromatic rings. The van der Waals surface area contributed by atoms with Gasteiger partial charge in [-0.05, 0) is 88.0 Å². The van der Waals surface area contributed by atoms with E-state index in [-0.39, 0.29) is 36.0 Å². The number of benzene rings is 2. The van der Waals surface area contributed by atoms with Gasteiger partial charge in [-0.25, -0.2) is 4.39 Å². The first-order valence-corrected chi connectivity index (χ1v) is 21.0. The Balaban J connectivity index is 0.731. The zero-order valence-corrected chi connectivity index (χ0v) is 34.3. The highest BCUT2D eigenvalue weighted by atomic mass is 19.1. The molecule has 1 unspecified atom stereocenters. The Morgan fingerprint density at radius 3 is 2.40 bits per heavy atom. The summed E-state index contributed by atoms with van der Waals surface area (Å²) in [7, 11) is 0. The average Bonchev–Trinajstić information content (AvgIpc) is 3.83. The van der Waals surface area contributed by atoms with Crippen LogP contribution in [-0.4, -0.2) is 120 Å². The molecule has 318 valence electrons. The fourth-order valence-electron chi connectivity index (χ4n) is 8.54. The number of halogens is 1. The highest BCUT2D eigenvalue weighted by Crippen LogP contribution is 2.35. The van der Waals surface area contributed by atoms with E-state index in [9.17, 15) is 33.2 Å². The number of nitrogens with zero attached hydrogens (tertiary/aromatic N) is 3. The number of fused-ring (bicyclic) bond motifs is 2. The molecule has 2 saturated heterocycles. The summed E-state index contributed by atoms with van der Waals surface area (Å²) in [5, 5.41) is 14.6. The van der Waals surface area contributed by atoms with E-state index in [1.54, 1.807) is 17.0 Å². The van der Waals surface area contributed by atoms with E-state index in [0.29, 0.717) is 71.9 Å². The number of aryl methyl sites for hydroxylation is 1. The summed E-state index contributed by atoms with van der Waals surface area (Å²) < 4.78 is 13.9. The third-order valence-electron chi connectivity index (χ3n) is 11.8. The summed E-state index contributed by atoms with van der Waals surface area (Å²) in [6, 6.07) is 9.12. The lowest BCUT2D eigenvalue weighted by Gasteiger charge is -2.34. The molecule has 0 saturated carbocycles. The summed E-state index contributed by atoms with van der Waals surface area (Å²) in [5.74, 6) is -1.79. The van der Waals surface area contributed by atoms with Crippen molar-refractivity contribution < 1.29 is 33.2 Å². The topological polar surface area (TPSA) is 188 Å². The van der Waals surface area contributed by atoms with Gasteiger partial charge in [0.25, 0.3) is 17.7 Å². The largest absolute Gasteiger partial charge is 0.385 e. The van der Waals surface area contributed by atoms with Gasteiger partial charge in [0.15, 0.2) is 0 Å². The van der Waals surface area contributed by atoms with Crippen LogP contribution in [0.2, 0.25) is 0 Å². The third-order valence-corrected chi connectivity index (χ3v) is 11.8. The van der Waals surface area contributed by atoms with Crippen LogP contribution in [0.1, 0.15) is 93.7 Å². The molecule has 60 heavy (non-hydrogen) atoms. The van der Waals surface area contributed by atoms with Crippen LogP contribution in [0.5, 0.6) is 0 Å². The zero-order valence-electron chi connectivity index (χ0n) is 34.3. The second-order valence-electron chi connectivity index (χ2n) is 16.0. The van der Waals surface area contributed by atoms with Gasteiger partial charge in [0, 0.05) is 98.2 Å². The standard InChI is InChI=1S/C44H54FN9O6/c1-27-36(24-32-31-23-29(45)11-12-35(31)50-41(32)57)49-28(2)40(27)43(59)48-17-8-18-52-19-21-53(22-20-52)26-39(56)47-16-6-4-3-5-15-46-34-10-7-9-30-33(34)25-54(44(30)60)37-13-14-38(55)51-42(37)58/h7,9-12,23-24,37,46,49H,3-6,8,13-22,25-26H2,1-2H3,(H,47,56)(H,48,59)(H,50,57)(H,51,55,58)/b32-24-. The smallest absolute Gasteiger partial charge is 0.256 e. The van der Waals surface area contributed by atoms with Crippen LogP contribution in [0, 0.1) is 19.7 Å². The number of carbonyl (C=O) groups excluding carboxylic acids is 6. The molecule has 2 aromatic carbocycles. The van der Waals surface area contributed by atoms with Gasteiger partial charge in [0.1, 0.15) is 11.9 Å². The number of amides is 6. The number of piperazine rings is 1. The fraction of sp³-hybridized carbons (Fsp3) is 0.455. The number of hydrogen-bond donors (Lipinski definition) is 6. The van der Waals surface area contributed by atoms with Crippen molar-refractivity contribution >= 4 is 58.5 Å². The highest BCUT2D eigenvalue weighted by molar-refractivity contribution is 6.35. The van der Waals surface area contributed by atoms with Crippen LogP contribution in [0.3, 0.4) is 0 Å². The number of carbonyl (C=O) groups is 6. The average molecular weight is 824 g/mol. The highest BCUT2D eigenvalue weighted by Gasteiger charge is 2.40. The SMILES string of the molecule is Cc1[nH]c(/C=C2\C(=O)Nc3ccc(F)cc32)c(C)c1C(=O)NCCCN1CCN(CC(=O)NCCCCCCNc2cccc3c2CN(C2CCC(=O)NC2=O)C3=O)CC1. The van der Waals surface area contributed by atoms with Crippen molar-refractivity contribution in [2.45, 2.75) is 71.4 Å². The van der Waals surface area contributed by atoms with Crippen LogP contribution in [0.25, 0.3) is 11.6 Å². The first kappa shape index (κ1) is 42.3. The third kappa shape index (κ3) is 9.77. The Morgan fingerprint density at radius 2 is 1.62 bits per heavy atom. The molecule has 0 spiro atoms. The van der Waals surface area contributed by atoms with Crippen LogP contribution < -0.4 is 26.6 Å². The predicted molar refractivity (Wildman–Crippen MR) is 225 cm³/mol. The van der Waals surface area contributed by atoms with Gasteiger partial charge in [0.05, 0.1) is 17.7 Å². The van der Waals surface area contributed by atoms with Crippen LogP contribution in [-0.2, 0) is 25.7 Å². The molecule has 2 fully saturated rings. The number of hydrogen-bond acceptors (Lipinski definition) is 9. The molecule has 1 atom stereocenters. The minimum Gasteiger partial charge on any atom is -0.385 e. The number of unbranched alkanes of at least 4 members (excludes halogenated alkanes) is 3. The van der Waals surface area contributed by atoms with E-state index in [1.807, 2.05) is 26.0 Å². The Bertz CT molecular complexity index is 2190. The van der Waals surface area contributed by atoms with E-state index < -0.39 is 17.8 Å². The molecule has 4 aliphatic heterocycles. The normalized spacial score (nSPS) is 18.7. The van der Waals surface area contributed by atoms with Gasteiger partial charge in [-0.1, -0.05) is 18.9 Å². The van der Waals surface area contributed by atoms with Crippen molar-refractivity contribution in [1.29, 1.82) is 0 Å². The molecular weight excluding hydrogens is 770 g/mol. The van der Waals surface area contributed by atoms with Gasteiger partial charge in [0.2, 0.25) is 17.7 Å². The van der Waals surface area contributed by atoms with Crippen molar-refractivity contribution in [3.8, 4) is 0 Å². The van der Waals surface area contributed by atoms with E-state index in [4.69, 9.17) is 0 Å². The number of H-pyrrole nitrogens is 1. The summed E-state index contributed by atoms with van der Waals surface area (Å²) >= 11 is 0. The van der Waals surface area contributed by atoms with Gasteiger partial charge in [-0.15, -0.1) is 0 Å². The van der Waals surface area contributed by atoms with Crippen molar-refractivity contribution in [3.05, 3.63) is 81.4 Å². The summed E-state index contributed by atoms with van der Waals surface area (Å²) in [4.78, 5) is 84.8. The maximum Gasteiger partial charge on any atom is 0.256 e. The molecular formula is C44H54FN9O6. The van der Waals surface area contributed by atoms with Crippen LogP contribution >= 0.6 is 0 Å². The number of anilines is 2. The van der Waals surface area contributed by atoms with E-state index >= 15 is 0 Å². The lowest BCUT2D eigenvalue weighted by Crippen LogP contribution is -2.52. The van der Waals surface area contributed by atoms with Crippen LogP contribution in [0.15, 0.2) is 36.4 Å². The van der Waals surface area contributed by atoms with E-state index in [1.165, 1.54) is 18.2 Å². The molecule has 6 N–H and O–H groups in total. The molecule has 16 heteroatoms. The molecule has 6 amide bonds. The van der Waals surface area contributed by atoms with Crippen LogP contribution in [0.4, 0.5) is 15.8 Å². The first-order valence-electron chi connectivity index (χ1n) is 21.0. The quantitative estimate of drug-likeness (QED) is 0.0673. The summed E-state index contributed by atoms with van der Waals surface area (Å²) in [5.41, 5.74) is 6.33. The molecule has 1 aromatic heterocycles. The lowest BCUT2D eigenvalue weighted by molar-refractivity contribution is -0.137. The number of rotatable bonds is 17. The monoisotopic (exact) mass is 823 g/mol. The fourth-order valence-corrected chi connectivity index (χ4v) is 8.54. The zero-order chi connectivity index (χ0) is 42.3. The minimum atomic E-state index is -0.634. The number of aromatic nitrogens is 1. The Hall–Kier alpha value is -5.87. The van der Waals surface area contributed by atoms with Crippen molar-refractivity contribution in [3.63, 3.8) is 0 Å². The molecule has 0 aliphatic carbocycles. The number of piperidine rings is 1. The molecule has 15 nitrogen and oxygen atoms in total. The summed E-state index contributed by atoms with van der Waals surface area (Å²) in [6.07, 6.45) is 6.82. The second kappa shape index (κ2) is 19.0. The molecule has 5 heterocycles. The Labute approximate surface area is 348 Å². The van der Waals surface area contributed by atoms with Crippen molar-refractivity contribution in [1.82, 2.24) is 35.6 Å². The van der Waals surface area contributed by atoms with Gasteiger partial charge in [-0.2, -0.15) is 0 Å². The van der Waals surface area contributed by atoms with Gasteiger partial charge in [-0.3, -0.25) is 39.0 Å². The number of nitrogens with one attached hydrogen (secondary N) is 6. The molecule has 7 rings (SSSR count).